The van der Waals surface area contributed by atoms with Crippen LogP contribution in [0.4, 0.5) is 21.7 Å². The molecular formula is C23H23FN5+. The largest absolute Gasteiger partial charge is 0.339 e. The summed E-state index contributed by atoms with van der Waals surface area (Å²) in [5.41, 5.74) is 4.65. The number of aromatic nitrogens is 3. The molecule has 29 heavy (non-hydrogen) atoms. The number of allylic oxidation sites excluding steroid dienone is 1. The minimum absolute atomic E-state index is 0.457. The van der Waals surface area contributed by atoms with Gasteiger partial charge in [0, 0.05) is 35.4 Å². The number of nitrogens with one attached hydrogen (secondary N) is 1. The van der Waals surface area contributed by atoms with Gasteiger partial charge in [-0.1, -0.05) is 6.07 Å². The number of anilines is 2. The second kappa shape index (κ2) is 6.74. The van der Waals surface area contributed by atoms with Gasteiger partial charge in [0.15, 0.2) is 0 Å². The lowest BCUT2D eigenvalue weighted by molar-refractivity contribution is 0.535. The highest BCUT2D eigenvalue weighted by Gasteiger charge is 2.32. The number of nitrogens with zero attached hydrogens (tertiary/aromatic N) is 4. The van der Waals surface area contributed by atoms with Crippen molar-refractivity contribution in [2.24, 2.45) is 0 Å². The van der Waals surface area contributed by atoms with E-state index in [4.69, 9.17) is 0 Å². The van der Waals surface area contributed by atoms with Gasteiger partial charge in [-0.2, -0.15) is 4.39 Å². The summed E-state index contributed by atoms with van der Waals surface area (Å²) < 4.78 is 15.3. The van der Waals surface area contributed by atoms with Crippen LogP contribution in [-0.4, -0.2) is 29.0 Å². The van der Waals surface area contributed by atoms with Crippen LogP contribution in [0.5, 0.6) is 0 Å². The summed E-state index contributed by atoms with van der Waals surface area (Å²) in [5.74, 6) is 1.62. The minimum atomic E-state index is -0.457. The molecule has 0 radical (unpaired) electrons. The highest BCUT2D eigenvalue weighted by Crippen LogP contribution is 2.39. The van der Waals surface area contributed by atoms with Gasteiger partial charge in [-0.15, -0.1) is 0 Å². The molecule has 146 valence electrons. The van der Waals surface area contributed by atoms with Crippen LogP contribution in [0.15, 0.2) is 55.0 Å². The van der Waals surface area contributed by atoms with Crippen molar-refractivity contribution in [1.82, 2.24) is 19.4 Å². The molecule has 3 aromatic rings. The molecule has 0 saturated heterocycles. The quantitative estimate of drug-likeness (QED) is 0.504. The molecule has 4 heterocycles. The molecular weight excluding hydrogens is 365 g/mol. The molecule has 3 aromatic heterocycles. The molecule has 0 atom stereocenters. The van der Waals surface area contributed by atoms with E-state index >= 15 is 0 Å². The van der Waals surface area contributed by atoms with Crippen LogP contribution >= 0.6 is 0 Å². The molecule has 5 rings (SSSR count). The number of halogens is 1. The monoisotopic (exact) mass is 388 g/mol. The molecule has 0 aromatic carbocycles. The highest BCUT2D eigenvalue weighted by atomic mass is 19.1. The molecule has 0 spiro atoms. The molecule has 6 heteroatoms. The van der Waals surface area contributed by atoms with Gasteiger partial charge in [-0.05, 0) is 43.2 Å². The van der Waals surface area contributed by atoms with Crippen molar-refractivity contribution in [3.05, 3.63) is 77.8 Å². The van der Waals surface area contributed by atoms with Crippen LogP contribution in [0.2, 0.25) is 0 Å². The number of quaternary nitrogens is 1. The molecule has 1 N–H and O–H groups in total. The summed E-state index contributed by atoms with van der Waals surface area (Å²) >= 11 is 0. The molecule has 1 aliphatic carbocycles. The van der Waals surface area contributed by atoms with E-state index in [0.717, 1.165) is 28.3 Å². The highest BCUT2D eigenvalue weighted by molar-refractivity contribution is 5.81. The zero-order chi connectivity index (χ0) is 20.0. The van der Waals surface area contributed by atoms with Gasteiger partial charge in [0.1, 0.15) is 12.0 Å². The average molecular weight is 388 g/mol. The topological polar surface area (TPSA) is 50.7 Å². The smallest absolute Gasteiger partial charge is 0.239 e. The van der Waals surface area contributed by atoms with Crippen LogP contribution in [-0.2, 0) is 6.42 Å². The zero-order valence-corrected chi connectivity index (χ0v) is 16.6. The first-order valence-electron chi connectivity index (χ1n) is 9.89. The lowest BCUT2D eigenvalue weighted by atomic mass is 10.0. The molecule has 2 aliphatic rings. The second-order valence-corrected chi connectivity index (χ2v) is 8.26. The number of rotatable bonds is 5. The van der Waals surface area contributed by atoms with Crippen LogP contribution in [0.3, 0.4) is 0 Å². The Kier molecular flexibility index (Phi) is 4.17. The third-order valence-corrected chi connectivity index (χ3v) is 5.52. The van der Waals surface area contributed by atoms with E-state index in [-0.39, 0.29) is 0 Å². The maximum Gasteiger partial charge on any atom is 0.239 e. The maximum atomic E-state index is 14.7. The Balaban J connectivity index is 1.34. The maximum absolute atomic E-state index is 14.7. The summed E-state index contributed by atoms with van der Waals surface area (Å²) in [5, 5.41) is 3.14. The lowest BCUT2D eigenvalue weighted by Crippen LogP contribution is -2.32. The fraction of sp³-hybridized carbons (Fsp3) is 0.261. The Labute approximate surface area is 169 Å². The summed E-state index contributed by atoms with van der Waals surface area (Å²) in [4.78, 5) is 13.1. The molecule has 5 nitrogen and oxygen atoms in total. The normalized spacial score (nSPS) is 17.0. The molecule has 1 saturated carbocycles. The number of hydrogen-bond donors (Lipinski definition) is 1. The van der Waals surface area contributed by atoms with Crippen LogP contribution in [0.1, 0.15) is 35.6 Å². The van der Waals surface area contributed by atoms with Crippen molar-refractivity contribution in [1.29, 1.82) is 0 Å². The third-order valence-electron chi connectivity index (χ3n) is 5.52. The lowest BCUT2D eigenvalue weighted by Gasteiger charge is -2.19. The summed E-state index contributed by atoms with van der Waals surface area (Å²) in [7, 11) is 4.14. The van der Waals surface area contributed by atoms with E-state index in [9.17, 15) is 4.39 Å². The van der Waals surface area contributed by atoms with Crippen molar-refractivity contribution in [3.8, 4) is 0 Å². The van der Waals surface area contributed by atoms with Crippen LogP contribution < -0.4 is 9.80 Å². The van der Waals surface area contributed by atoms with Gasteiger partial charge in [-0.25, -0.2) is 9.97 Å². The van der Waals surface area contributed by atoms with Gasteiger partial charge in [0.05, 0.1) is 31.5 Å². The van der Waals surface area contributed by atoms with Crippen LogP contribution in [0.25, 0.3) is 5.57 Å². The number of fused-ring (bicyclic) bond motifs is 1. The Morgan fingerprint density at radius 2 is 1.97 bits per heavy atom. The summed E-state index contributed by atoms with van der Waals surface area (Å²) in [6, 6.07) is 11.6. The molecule has 1 aliphatic heterocycles. The first kappa shape index (κ1) is 17.9. The number of pyridine rings is 3. The standard InChI is InChI=1S/C23H23FN5/c1-29(2)14-17(19-4-3-11-25-23(19)29)12-16-7-10-21(28-22(16)24)27-18-8-9-20(26-13-18)15-5-6-15/h3-4,7-11,13-15H,5-6,12H2,1-2H3,(H,27,28)/q+1. The molecule has 0 amide bonds. The van der Waals surface area contributed by atoms with Crippen molar-refractivity contribution < 1.29 is 4.39 Å². The second-order valence-electron chi connectivity index (χ2n) is 8.26. The Hall–Kier alpha value is -3.12. The third kappa shape index (κ3) is 3.51. The predicted octanol–water partition coefficient (Wildman–Crippen LogP) is 4.80. The predicted molar refractivity (Wildman–Crippen MR) is 113 cm³/mol. The van der Waals surface area contributed by atoms with E-state index < -0.39 is 5.95 Å². The zero-order valence-electron chi connectivity index (χ0n) is 16.6. The van der Waals surface area contributed by atoms with Crippen molar-refractivity contribution >= 4 is 22.9 Å². The summed E-state index contributed by atoms with van der Waals surface area (Å²) in [6.45, 7) is 0. The average Bonchev–Trinajstić information content (AvgIpc) is 3.52. The van der Waals surface area contributed by atoms with Crippen molar-refractivity contribution in [2.45, 2.75) is 25.2 Å². The SMILES string of the molecule is C[N+]1(C)C=C(Cc2ccc(Nc3ccc(C4CC4)nc3)nc2F)c2cccnc21. The first-order valence-corrected chi connectivity index (χ1v) is 9.89. The number of hydrogen-bond acceptors (Lipinski definition) is 4. The fourth-order valence-electron chi connectivity index (χ4n) is 3.89. The van der Waals surface area contributed by atoms with E-state index in [1.807, 2.05) is 30.3 Å². The fourth-order valence-corrected chi connectivity index (χ4v) is 3.89. The van der Waals surface area contributed by atoms with Gasteiger partial charge in [-0.3, -0.25) is 9.47 Å². The van der Waals surface area contributed by atoms with Crippen molar-refractivity contribution in [3.63, 3.8) is 0 Å². The van der Waals surface area contributed by atoms with E-state index in [0.29, 0.717) is 28.2 Å². The van der Waals surface area contributed by atoms with E-state index in [1.54, 1.807) is 18.5 Å². The van der Waals surface area contributed by atoms with Gasteiger partial charge in [0.2, 0.25) is 11.8 Å². The van der Waals surface area contributed by atoms with Crippen molar-refractivity contribution in [2.75, 3.05) is 19.4 Å². The van der Waals surface area contributed by atoms with Gasteiger partial charge in [0.25, 0.3) is 0 Å². The Bertz CT molecular complexity index is 1100. The van der Waals surface area contributed by atoms with E-state index in [1.165, 1.54) is 12.8 Å². The molecule has 0 unspecified atom stereocenters. The van der Waals surface area contributed by atoms with Gasteiger partial charge < -0.3 is 5.32 Å². The Morgan fingerprint density at radius 3 is 2.69 bits per heavy atom. The summed E-state index contributed by atoms with van der Waals surface area (Å²) in [6.07, 6.45) is 8.63. The Morgan fingerprint density at radius 1 is 1.10 bits per heavy atom. The molecule has 0 bridgehead atoms. The van der Waals surface area contributed by atoms with E-state index in [2.05, 4.69) is 40.6 Å². The minimum Gasteiger partial charge on any atom is -0.339 e. The first-order chi connectivity index (χ1) is 14.0. The van der Waals surface area contributed by atoms with Crippen LogP contribution in [0, 0.1) is 5.95 Å². The molecule has 1 fully saturated rings. The van der Waals surface area contributed by atoms with Gasteiger partial charge >= 0.3 is 0 Å².